The Bertz CT molecular complexity index is 1040. The van der Waals surface area contributed by atoms with Gasteiger partial charge in [-0.2, -0.15) is 0 Å². The molecule has 5 heteroatoms. The molecule has 1 heterocycles. The first kappa shape index (κ1) is 21.8. The molecule has 0 saturated carbocycles. The van der Waals surface area contributed by atoms with Gasteiger partial charge in [0.2, 0.25) is 5.91 Å². The third-order valence-corrected chi connectivity index (χ3v) is 6.12. The first-order valence-electron chi connectivity index (χ1n) is 11.1. The van der Waals surface area contributed by atoms with Crippen LogP contribution in [0.4, 0.5) is 5.69 Å². The maximum atomic E-state index is 12.5. The number of carbonyl (C=O) groups is 2. The number of hydrogen-bond donors (Lipinski definition) is 2. The number of carbonyl (C=O) groups excluding carboxylic acids is 2. The summed E-state index contributed by atoms with van der Waals surface area (Å²) in [5, 5.41) is 2.85. The fraction of sp³-hybridized carbons (Fsp3) is 0.259. The van der Waals surface area contributed by atoms with Crippen LogP contribution in [-0.2, 0) is 13.0 Å². The lowest BCUT2D eigenvalue weighted by molar-refractivity contribution is 0.0998. The van der Waals surface area contributed by atoms with Gasteiger partial charge in [0.1, 0.15) is 0 Å². The highest BCUT2D eigenvalue weighted by molar-refractivity contribution is 6.04. The minimum atomic E-state index is -0.487. The van der Waals surface area contributed by atoms with Crippen LogP contribution in [0.15, 0.2) is 78.9 Å². The normalized spacial score (nSPS) is 14.8. The molecule has 1 saturated heterocycles. The van der Waals surface area contributed by atoms with Crippen LogP contribution >= 0.6 is 0 Å². The van der Waals surface area contributed by atoms with Crippen LogP contribution in [0.25, 0.3) is 0 Å². The van der Waals surface area contributed by atoms with Crippen LogP contribution in [-0.4, -0.2) is 29.8 Å². The fourth-order valence-corrected chi connectivity index (χ4v) is 4.24. The van der Waals surface area contributed by atoms with Crippen molar-refractivity contribution >= 4 is 17.5 Å². The van der Waals surface area contributed by atoms with Gasteiger partial charge in [0.15, 0.2) is 0 Å². The summed E-state index contributed by atoms with van der Waals surface area (Å²) in [6, 6.07) is 25.1. The third kappa shape index (κ3) is 5.83. The van der Waals surface area contributed by atoms with Crippen LogP contribution in [0.3, 0.4) is 0 Å². The average Bonchev–Trinajstić information content (AvgIpc) is 2.82. The van der Waals surface area contributed by atoms with E-state index >= 15 is 0 Å². The fourth-order valence-electron chi connectivity index (χ4n) is 4.24. The summed E-state index contributed by atoms with van der Waals surface area (Å²) in [7, 11) is 0. The highest BCUT2D eigenvalue weighted by atomic mass is 16.2. The molecule has 1 aliphatic heterocycles. The van der Waals surface area contributed by atoms with Crippen molar-refractivity contribution in [3.8, 4) is 0 Å². The van der Waals surface area contributed by atoms with Crippen molar-refractivity contribution in [2.75, 3.05) is 18.4 Å². The summed E-state index contributed by atoms with van der Waals surface area (Å²) in [5.41, 5.74) is 9.54. The van der Waals surface area contributed by atoms with Crippen molar-refractivity contribution in [1.29, 1.82) is 0 Å². The first-order valence-corrected chi connectivity index (χ1v) is 11.1. The monoisotopic (exact) mass is 427 g/mol. The number of likely N-dealkylation sites (tertiary alicyclic amines) is 1. The Kier molecular flexibility index (Phi) is 6.97. The summed E-state index contributed by atoms with van der Waals surface area (Å²) >= 11 is 0. The summed E-state index contributed by atoms with van der Waals surface area (Å²) < 4.78 is 0. The molecule has 0 atom stereocenters. The molecular formula is C27H29N3O2. The number of piperidine rings is 1. The molecule has 0 aromatic heterocycles. The van der Waals surface area contributed by atoms with Gasteiger partial charge in [-0.25, -0.2) is 0 Å². The van der Waals surface area contributed by atoms with Gasteiger partial charge in [0, 0.05) is 23.4 Å². The molecule has 3 N–H and O–H groups in total. The number of amides is 2. The number of anilines is 1. The van der Waals surface area contributed by atoms with Crippen molar-refractivity contribution in [3.05, 3.63) is 101 Å². The van der Waals surface area contributed by atoms with E-state index in [9.17, 15) is 9.59 Å². The van der Waals surface area contributed by atoms with E-state index in [1.807, 2.05) is 24.3 Å². The predicted octanol–water partition coefficient (Wildman–Crippen LogP) is 4.49. The van der Waals surface area contributed by atoms with Crippen molar-refractivity contribution in [2.45, 2.75) is 25.8 Å². The lowest BCUT2D eigenvalue weighted by Crippen LogP contribution is -2.33. The molecule has 0 bridgehead atoms. The molecule has 164 valence electrons. The van der Waals surface area contributed by atoms with E-state index in [1.165, 1.54) is 30.4 Å². The highest BCUT2D eigenvalue weighted by Crippen LogP contribution is 2.23. The van der Waals surface area contributed by atoms with Crippen molar-refractivity contribution in [3.63, 3.8) is 0 Å². The van der Waals surface area contributed by atoms with Crippen LogP contribution in [0.2, 0.25) is 0 Å². The Balaban J connectivity index is 1.25. The second kappa shape index (κ2) is 10.2. The molecule has 1 aliphatic rings. The first-order chi connectivity index (χ1) is 15.6. The Labute approximate surface area is 189 Å². The summed E-state index contributed by atoms with van der Waals surface area (Å²) in [5.74, 6) is 0.0979. The number of primary amides is 1. The summed E-state index contributed by atoms with van der Waals surface area (Å²) in [4.78, 5) is 26.2. The van der Waals surface area contributed by atoms with Crippen LogP contribution in [0.5, 0.6) is 0 Å². The lowest BCUT2D eigenvalue weighted by Gasteiger charge is -2.32. The van der Waals surface area contributed by atoms with Gasteiger partial charge in [-0.05, 0) is 85.8 Å². The quantitative estimate of drug-likeness (QED) is 0.583. The maximum Gasteiger partial charge on any atom is 0.255 e. The van der Waals surface area contributed by atoms with E-state index in [1.54, 1.807) is 24.3 Å². The average molecular weight is 428 g/mol. The Morgan fingerprint density at radius 1 is 0.812 bits per heavy atom. The third-order valence-electron chi connectivity index (χ3n) is 6.12. The topological polar surface area (TPSA) is 75.4 Å². The van der Waals surface area contributed by atoms with E-state index < -0.39 is 5.91 Å². The predicted molar refractivity (Wildman–Crippen MR) is 128 cm³/mol. The van der Waals surface area contributed by atoms with Gasteiger partial charge in [-0.3, -0.25) is 14.5 Å². The van der Waals surface area contributed by atoms with E-state index in [-0.39, 0.29) is 5.91 Å². The number of benzene rings is 3. The minimum Gasteiger partial charge on any atom is -0.366 e. The lowest BCUT2D eigenvalue weighted by atomic mass is 9.90. The standard InChI is InChI=1S/C27H29N3O2/c28-26(31)23-10-12-25(13-11-23)29-27(32)24-8-6-22(7-9-24)19-30-16-14-21(15-17-30)18-20-4-2-1-3-5-20/h1-13,21H,14-19H2,(H2,28,31)(H,29,32). The number of nitrogens with two attached hydrogens (primary N) is 1. The molecule has 2 amide bonds. The zero-order valence-electron chi connectivity index (χ0n) is 18.2. The second-order valence-electron chi connectivity index (χ2n) is 8.50. The smallest absolute Gasteiger partial charge is 0.255 e. The number of rotatable bonds is 7. The van der Waals surface area contributed by atoms with Crippen molar-refractivity contribution < 1.29 is 9.59 Å². The van der Waals surface area contributed by atoms with Gasteiger partial charge in [-0.1, -0.05) is 42.5 Å². The molecule has 0 unspecified atom stereocenters. The van der Waals surface area contributed by atoms with E-state index in [0.717, 1.165) is 25.6 Å². The maximum absolute atomic E-state index is 12.5. The van der Waals surface area contributed by atoms with Gasteiger partial charge >= 0.3 is 0 Å². The van der Waals surface area contributed by atoms with E-state index in [0.29, 0.717) is 16.8 Å². The molecule has 4 rings (SSSR count). The van der Waals surface area contributed by atoms with Gasteiger partial charge < -0.3 is 11.1 Å². The number of nitrogens with zero attached hydrogens (tertiary/aromatic N) is 1. The molecule has 0 spiro atoms. The minimum absolute atomic E-state index is 0.176. The summed E-state index contributed by atoms with van der Waals surface area (Å²) in [6.45, 7) is 3.14. The highest BCUT2D eigenvalue weighted by Gasteiger charge is 2.19. The van der Waals surface area contributed by atoms with Crippen LogP contribution in [0.1, 0.15) is 44.7 Å². The molecule has 0 aliphatic carbocycles. The molecule has 3 aromatic carbocycles. The van der Waals surface area contributed by atoms with E-state index in [2.05, 4.69) is 40.5 Å². The zero-order valence-corrected chi connectivity index (χ0v) is 18.2. The van der Waals surface area contributed by atoms with Crippen LogP contribution < -0.4 is 11.1 Å². The largest absolute Gasteiger partial charge is 0.366 e. The number of nitrogens with one attached hydrogen (secondary N) is 1. The Morgan fingerprint density at radius 2 is 1.44 bits per heavy atom. The Hall–Kier alpha value is -3.44. The van der Waals surface area contributed by atoms with Crippen molar-refractivity contribution in [1.82, 2.24) is 4.90 Å². The number of hydrogen-bond acceptors (Lipinski definition) is 3. The van der Waals surface area contributed by atoms with Gasteiger partial charge in [-0.15, -0.1) is 0 Å². The van der Waals surface area contributed by atoms with E-state index in [4.69, 9.17) is 5.73 Å². The van der Waals surface area contributed by atoms with Crippen LogP contribution in [0, 0.1) is 5.92 Å². The molecule has 3 aromatic rings. The SMILES string of the molecule is NC(=O)c1ccc(NC(=O)c2ccc(CN3CCC(Cc4ccccc4)CC3)cc2)cc1. The van der Waals surface area contributed by atoms with Crippen molar-refractivity contribution in [2.24, 2.45) is 11.7 Å². The molecule has 0 radical (unpaired) electrons. The van der Waals surface area contributed by atoms with Gasteiger partial charge in [0.05, 0.1) is 0 Å². The zero-order chi connectivity index (χ0) is 22.3. The molecule has 1 fully saturated rings. The van der Waals surface area contributed by atoms with Gasteiger partial charge in [0.25, 0.3) is 5.91 Å². The molecule has 5 nitrogen and oxygen atoms in total. The molecule has 32 heavy (non-hydrogen) atoms. The second-order valence-corrected chi connectivity index (χ2v) is 8.50. The molecular weight excluding hydrogens is 398 g/mol. The summed E-state index contributed by atoms with van der Waals surface area (Å²) in [6.07, 6.45) is 3.62. The Morgan fingerprint density at radius 3 is 2.06 bits per heavy atom.